The Morgan fingerprint density at radius 3 is 2.62 bits per heavy atom. The van der Waals surface area contributed by atoms with E-state index in [1.54, 1.807) is 7.11 Å². The molecule has 7 nitrogen and oxygen atoms in total. The Bertz CT molecular complexity index is 1240. The molecule has 1 aliphatic rings. The molecule has 1 saturated heterocycles. The minimum absolute atomic E-state index is 0.213. The van der Waals surface area contributed by atoms with Crippen molar-refractivity contribution < 1.29 is 17.9 Å². The molecular weight excluding hydrogens is 450 g/mol. The third-order valence-corrected chi connectivity index (χ3v) is 7.14. The molecule has 4 rings (SSSR count). The minimum atomic E-state index is -3.61. The molecule has 2 heterocycles. The summed E-state index contributed by atoms with van der Waals surface area (Å²) in [5, 5.41) is 6.30. The van der Waals surface area contributed by atoms with E-state index in [-0.39, 0.29) is 5.75 Å². The van der Waals surface area contributed by atoms with Crippen LogP contribution in [0.5, 0.6) is 11.5 Å². The first-order chi connectivity index (χ1) is 16.3. The Balaban J connectivity index is 1.27. The van der Waals surface area contributed by atoms with E-state index in [9.17, 15) is 8.42 Å². The van der Waals surface area contributed by atoms with E-state index in [0.717, 1.165) is 66.8 Å². The van der Waals surface area contributed by atoms with Crippen LogP contribution in [0.4, 0.5) is 0 Å². The number of aryl methyl sites for hydroxylation is 1. The number of ether oxygens (including phenoxy) is 2. The quantitative estimate of drug-likeness (QED) is 0.499. The second-order valence-electron chi connectivity index (χ2n) is 9.07. The van der Waals surface area contributed by atoms with Crippen molar-refractivity contribution >= 4 is 20.9 Å². The van der Waals surface area contributed by atoms with Gasteiger partial charge in [0.1, 0.15) is 18.1 Å². The topological polar surface area (TPSA) is 94.8 Å². The van der Waals surface area contributed by atoms with E-state index in [2.05, 4.69) is 16.0 Å². The van der Waals surface area contributed by atoms with E-state index >= 15 is 0 Å². The van der Waals surface area contributed by atoms with Crippen LogP contribution in [0.2, 0.25) is 0 Å². The Morgan fingerprint density at radius 1 is 1.09 bits per heavy atom. The highest BCUT2D eigenvalue weighted by molar-refractivity contribution is 7.88. The molecule has 0 aliphatic carbocycles. The van der Waals surface area contributed by atoms with Gasteiger partial charge in [-0.15, -0.1) is 0 Å². The van der Waals surface area contributed by atoms with Crippen LogP contribution in [0.1, 0.15) is 29.7 Å². The van der Waals surface area contributed by atoms with Crippen LogP contribution in [0.25, 0.3) is 10.9 Å². The van der Waals surface area contributed by atoms with E-state index in [1.807, 2.05) is 49.4 Å². The third kappa shape index (κ3) is 6.46. The number of rotatable bonds is 9. The monoisotopic (exact) mass is 483 g/mol. The van der Waals surface area contributed by atoms with Crippen molar-refractivity contribution in [3.63, 3.8) is 0 Å². The molecular formula is C26H33N3O4S. The van der Waals surface area contributed by atoms with Gasteiger partial charge in [-0.3, -0.25) is 9.88 Å². The number of pyridine rings is 1. The fourth-order valence-corrected chi connectivity index (χ4v) is 5.33. The molecule has 3 aromatic rings. The van der Waals surface area contributed by atoms with Gasteiger partial charge in [0.25, 0.3) is 0 Å². The molecule has 2 N–H and O–H groups in total. The summed E-state index contributed by atoms with van der Waals surface area (Å²) in [6, 6.07) is 15.9. The molecule has 0 bridgehead atoms. The van der Waals surface area contributed by atoms with Crippen LogP contribution in [0.3, 0.4) is 0 Å². The zero-order valence-electron chi connectivity index (χ0n) is 19.9. The normalized spacial score (nSPS) is 15.5. The molecule has 182 valence electrons. The number of hydrogen-bond donors (Lipinski definition) is 1. The Kier molecular flexibility index (Phi) is 7.70. The van der Waals surface area contributed by atoms with Crippen LogP contribution < -0.4 is 14.6 Å². The van der Waals surface area contributed by atoms with Gasteiger partial charge in [-0.2, -0.15) is 0 Å². The van der Waals surface area contributed by atoms with Gasteiger partial charge < -0.3 is 9.47 Å². The standard InChI is InChI=1S/C26H33N3O4S/c1-19-6-8-23-24(28-19)4-3-5-26(23)33-15-14-29-12-10-20(11-13-29)16-21-7-9-25(32-2)22(17-21)18-34(27,30)31/h3-9,17,20H,10-16,18H2,1-2H3,(H2,27,30,31). The zero-order chi connectivity index (χ0) is 24.1. The number of likely N-dealkylation sites (tertiary alicyclic amines) is 1. The van der Waals surface area contributed by atoms with Crippen LogP contribution in [0, 0.1) is 12.8 Å². The summed E-state index contributed by atoms with van der Waals surface area (Å²) in [5.41, 5.74) is 3.71. The lowest BCUT2D eigenvalue weighted by atomic mass is 9.89. The average Bonchev–Trinajstić information content (AvgIpc) is 2.79. The number of hydrogen-bond acceptors (Lipinski definition) is 6. The first-order valence-electron chi connectivity index (χ1n) is 11.7. The number of nitrogens with zero attached hydrogens (tertiary/aromatic N) is 2. The van der Waals surface area contributed by atoms with E-state index in [1.165, 1.54) is 0 Å². The third-order valence-electron chi connectivity index (χ3n) is 6.43. The fraction of sp³-hybridized carbons (Fsp3) is 0.423. The SMILES string of the molecule is COc1ccc(CC2CCN(CCOc3cccc4nc(C)ccc34)CC2)cc1CS(N)(=O)=O. The van der Waals surface area contributed by atoms with Gasteiger partial charge in [0, 0.05) is 23.2 Å². The molecule has 0 saturated carbocycles. The number of methoxy groups -OCH3 is 1. The summed E-state index contributed by atoms with van der Waals surface area (Å²) >= 11 is 0. The van der Waals surface area contributed by atoms with Crippen molar-refractivity contribution in [2.24, 2.45) is 11.1 Å². The molecule has 1 aliphatic heterocycles. The number of primary sulfonamides is 1. The molecule has 34 heavy (non-hydrogen) atoms. The lowest BCUT2D eigenvalue weighted by Gasteiger charge is -2.32. The first kappa shape index (κ1) is 24.4. The summed E-state index contributed by atoms with van der Waals surface area (Å²) < 4.78 is 34.5. The number of aromatic nitrogens is 1. The highest BCUT2D eigenvalue weighted by Crippen LogP contribution is 2.27. The number of sulfonamides is 1. The highest BCUT2D eigenvalue weighted by atomic mass is 32.2. The largest absolute Gasteiger partial charge is 0.496 e. The van der Waals surface area contributed by atoms with Crippen LogP contribution in [-0.4, -0.2) is 51.7 Å². The number of nitrogens with two attached hydrogens (primary N) is 1. The second kappa shape index (κ2) is 10.7. The molecule has 0 amide bonds. The molecule has 8 heteroatoms. The lowest BCUT2D eigenvalue weighted by Crippen LogP contribution is -2.37. The zero-order valence-corrected chi connectivity index (χ0v) is 20.7. The maximum Gasteiger partial charge on any atom is 0.213 e. The van der Waals surface area contributed by atoms with Crippen LogP contribution in [-0.2, 0) is 22.2 Å². The van der Waals surface area contributed by atoms with Crippen molar-refractivity contribution in [3.05, 3.63) is 65.4 Å². The maximum absolute atomic E-state index is 11.6. The van der Waals surface area contributed by atoms with Gasteiger partial charge in [0.15, 0.2) is 0 Å². The van der Waals surface area contributed by atoms with Gasteiger partial charge in [-0.05, 0) is 81.1 Å². The van der Waals surface area contributed by atoms with Gasteiger partial charge in [-0.1, -0.05) is 18.2 Å². The minimum Gasteiger partial charge on any atom is -0.496 e. The summed E-state index contributed by atoms with van der Waals surface area (Å²) in [7, 11) is -2.07. The summed E-state index contributed by atoms with van der Waals surface area (Å²) in [6.45, 7) is 5.60. The highest BCUT2D eigenvalue weighted by Gasteiger charge is 2.20. The average molecular weight is 484 g/mol. The lowest BCUT2D eigenvalue weighted by molar-refractivity contribution is 0.155. The molecule has 0 spiro atoms. The molecule has 0 radical (unpaired) electrons. The number of fused-ring (bicyclic) bond motifs is 1. The summed E-state index contributed by atoms with van der Waals surface area (Å²) in [4.78, 5) is 7.02. The van der Waals surface area contributed by atoms with Crippen molar-refractivity contribution in [2.45, 2.75) is 31.9 Å². The molecule has 0 unspecified atom stereocenters. The fourth-order valence-electron chi connectivity index (χ4n) is 4.68. The van der Waals surface area contributed by atoms with Crippen molar-refractivity contribution in [2.75, 3.05) is 33.4 Å². The van der Waals surface area contributed by atoms with Crippen molar-refractivity contribution in [1.82, 2.24) is 9.88 Å². The smallest absolute Gasteiger partial charge is 0.213 e. The predicted molar refractivity (Wildman–Crippen MR) is 135 cm³/mol. The van der Waals surface area contributed by atoms with Gasteiger partial charge in [0.05, 0.1) is 18.4 Å². The van der Waals surface area contributed by atoms with E-state index in [0.29, 0.717) is 23.8 Å². The van der Waals surface area contributed by atoms with Gasteiger partial charge in [-0.25, -0.2) is 13.6 Å². The number of benzene rings is 2. The first-order valence-corrected chi connectivity index (χ1v) is 13.4. The van der Waals surface area contributed by atoms with Crippen LogP contribution >= 0.6 is 0 Å². The molecule has 2 aromatic carbocycles. The molecule has 1 aromatic heterocycles. The van der Waals surface area contributed by atoms with Crippen molar-refractivity contribution in [3.8, 4) is 11.5 Å². The summed E-state index contributed by atoms with van der Waals surface area (Å²) in [6.07, 6.45) is 3.14. The Labute approximate surface area is 201 Å². The second-order valence-corrected chi connectivity index (χ2v) is 10.7. The van der Waals surface area contributed by atoms with Crippen LogP contribution in [0.15, 0.2) is 48.5 Å². The molecule has 0 atom stereocenters. The van der Waals surface area contributed by atoms with Gasteiger partial charge in [0.2, 0.25) is 10.0 Å². The van der Waals surface area contributed by atoms with E-state index < -0.39 is 10.0 Å². The van der Waals surface area contributed by atoms with Crippen molar-refractivity contribution in [1.29, 1.82) is 0 Å². The number of piperidine rings is 1. The Hall–Kier alpha value is -2.68. The molecule has 1 fully saturated rings. The Morgan fingerprint density at radius 2 is 1.88 bits per heavy atom. The maximum atomic E-state index is 11.6. The summed E-state index contributed by atoms with van der Waals surface area (Å²) in [5.74, 6) is 1.80. The van der Waals surface area contributed by atoms with Gasteiger partial charge >= 0.3 is 0 Å². The predicted octanol–water partition coefficient (Wildman–Crippen LogP) is 3.67. The van der Waals surface area contributed by atoms with E-state index in [4.69, 9.17) is 14.6 Å².